The van der Waals surface area contributed by atoms with Crippen molar-refractivity contribution in [3.05, 3.63) is 22.7 Å². The normalized spacial score (nSPS) is 16.4. The molecule has 0 amide bonds. The van der Waals surface area contributed by atoms with Crippen LogP contribution >= 0.6 is 0 Å². The molecule has 0 atom stereocenters. The monoisotopic (exact) mass is 250 g/mol. The Morgan fingerprint density at radius 2 is 2.00 bits per heavy atom. The smallest absolute Gasteiger partial charge is 0.419 e. The summed E-state index contributed by atoms with van der Waals surface area (Å²) in [4.78, 5) is 13.6. The lowest BCUT2D eigenvalue weighted by molar-refractivity contribution is 0.122. The van der Waals surface area contributed by atoms with Gasteiger partial charge in [0, 0.05) is 32.3 Å². The van der Waals surface area contributed by atoms with Crippen LogP contribution in [0.15, 0.2) is 21.3 Å². The topological polar surface area (TPSA) is 67.8 Å². The number of ether oxygens (including phenoxy) is 1. The molecule has 1 aromatic carbocycles. The maximum Gasteiger partial charge on any atom is 0.419 e. The second kappa shape index (κ2) is 4.06. The average molecular weight is 250 g/mol. The fourth-order valence-corrected chi connectivity index (χ4v) is 2.23. The third kappa shape index (κ3) is 1.65. The maximum atomic E-state index is 11.6. The standard InChI is InChI=1S/C12H14N2O4/c1-13-9-6-8(15)7-10(11(9)18-12(13)16)14-2-4-17-5-3-14/h6-7,15H,2-5H2,1H3. The van der Waals surface area contributed by atoms with Gasteiger partial charge in [0.05, 0.1) is 24.4 Å². The Morgan fingerprint density at radius 1 is 1.28 bits per heavy atom. The van der Waals surface area contributed by atoms with E-state index in [4.69, 9.17) is 9.15 Å². The predicted molar refractivity (Wildman–Crippen MR) is 66.2 cm³/mol. The Labute approximate surface area is 103 Å². The molecule has 1 aromatic heterocycles. The van der Waals surface area contributed by atoms with E-state index in [0.717, 1.165) is 18.8 Å². The Morgan fingerprint density at radius 3 is 2.72 bits per heavy atom. The first-order chi connectivity index (χ1) is 8.66. The molecule has 18 heavy (non-hydrogen) atoms. The maximum absolute atomic E-state index is 11.6. The number of morpholine rings is 1. The van der Waals surface area contributed by atoms with Crippen LogP contribution in [0.4, 0.5) is 5.69 Å². The molecule has 0 saturated carbocycles. The van der Waals surface area contributed by atoms with Gasteiger partial charge in [-0.1, -0.05) is 0 Å². The molecule has 1 aliphatic rings. The van der Waals surface area contributed by atoms with Gasteiger partial charge in [-0.3, -0.25) is 4.57 Å². The summed E-state index contributed by atoms with van der Waals surface area (Å²) in [6.07, 6.45) is 0. The van der Waals surface area contributed by atoms with Crippen molar-refractivity contribution in [2.45, 2.75) is 0 Å². The highest BCUT2D eigenvalue weighted by Gasteiger charge is 2.19. The number of benzene rings is 1. The third-order valence-electron chi connectivity index (χ3n) is 3.21. The molecule has 6 heteroatoms. The Bertz CT molecular complexity index is 637. The SMILES string of the molecule is Cn1c(=O)oc2c(N3CCOCC3)cc(O)cc21. The van der Waals surface area contributed by atoms with Gasteiger partial charge in [0.15, 0.2) is 5.58 Å². The molecule has 2 heterocycles. The van der Waals surface area contributed by atoms with Crippen LogP contribution in [-0.4, -0.2) is 36.0 Å². The molecular formula is C12H14N2O4. The zero-order chi connectivity index (χ0) is 12.7. The molecule has 0 radical (unpaired) electrons. The van der Waals surface area contributed by atoms with Crippen LogP contribution in [0.25, 0.3) is 11.1 Å². The summed E-state index contributed by atoms with van der Waals surface area (Å²) in [5, 5.41) is 9.76. The van der Waals surface area contributed by atoms with E-state index in [1.165, 1.54) is 10.6 Å². The second-order valence-corrected chi connectivity index (χ2v) is 4.34. The van der Waals surface area contributed by atoms with E-state index in [1.54, 1.807) is 13.1 Å². The summed E-state index contributed by atoms with van der Waals surface area (Å²) in [6.45, 7) is 2.71. The first-order valence-corrected chi connectivity index (χ1v) is 5.82. The molecule has 0 spiro atoms. The highest BCUT2D eigenvalue weighted by atomic mass is 16.5. The molecule has 0 bridgehead atoms. The Kier molecular flexibility index (Phi) is 2.52. The third-order valence-corrected chi connectivity index (χ3v) is 3.21. The minimum absolute atomic E-state index is 0.125. The number of hydrogen-bond acceptors (Lipinski definition) is 5. The molecule has 0 unspecified atom stereocenters. The fourth-order valence-electron chi connectivity index (χ4n) is 2.23. The Balaban J connectivity index is 2.21. The zero-order valence-electron chi connectivity index (χ0n) is 10.0. The van der Waals surface area contributed by atoms with E-state index in [-0.39, 0.29) is 5.75 Å². The van der Waals surface area contributed by atoms with Crippen molar-refractivity contribution in [1.82, 2.24) is 4.57 Å². The molecule has 6 nitrogen and oxygen atoms in total. The molecule has 2 aromatic rings. The Hall–Kier alpha value is -1.95. The summed E-state index contributed by atoms with van der Waals surface area (Å²) in [5.74, 6) is -0.300. The number of rotatable bonds is 1. The second-order valence-electron chi connectivity index (χ2n) is 4.34. The van der Waals surface area contributed by atoms with Crippen LogP contribution < -0.4 is 10.7 Å². The minimum atomic E-state index is -0.426. The van der Waals surface area contributed by atoms with Gasteiger partial charge in [0.2, 0.25) is 0 Å². The summed E-state index contributed by atoms with van der Waals surface area (Å²) >= 11 is 0. The van der Waals surface area contributed by atoms with E-state index in [1.807, 2.05) is 0 Å². The number of phenolic OH excluding ortho intramolecular Hbond substituents is 1. The molecule has 1 aliphatic heterocycles. The van der Waals surface area contributed by atoms with Crippen LogP contribution in [0.2, 0.25) is 0 Å². The summed E-state index contributed by atoms with van der Waals surface area (Å²) in [6, 6.07) is 3.15. The largest absolute Gasteiger partial charge is 0.508 e. The van der Waals surface area contributed by atoms with E-state index >= 15 is 0 Å². The van der Waals surface area contributed by atoms with Gasteiger partial charge in [0.1, 0.15) is 5.75 Å². The lowest BCUT2D eigenvalue weighted by Gasteiger charge is -2.28. The highest BCUT2D eigenvalue weighted by molar-refractivity contribution is 5.88. The number of fused-ring (bicyclic) bond motifs is 1. The predicted octanol–water partition coefficient (Wildman–Crippen LogP) is 0.674. The number of phenols is 1. The number of oxazole rings is 1. The average Bonchev–Trinajstić information content (AvgIpc) is 2.66. The summed E-state index contributed by atoms with van der Waals surface area (Å²) in [7, 11) is 1.62. The number of aromatic nitrogens is 1. The molecule has 1 fully saturated rings. The minimum Gasteiger partial charge on any atom is -0.508 e. The van der Waals surface area contributed by atoms with Crippen molar-refractivity contribution in [3.63, 3.8) is 0 Å². The van der Waals surface area contributed by atoms with E-state index in [0.29, 0.717) is 24.3 Å². The molecule has 0 aliphatic carbocycles. The molecule has 96 valence electrons. The van der Waals surface area contributed by atoms with Crippen molar-refractivity contribution in [1.29, 1.82) is 0 Å². The van der Waals surface area contributed by atoms with Gasteiger partial charge in [-0.25, -0.2) is 4.79 Å². The number of aryl methyl sites for hydroxylation is 1. The van der Waals surface area contributed by atoms with Crippen molar-refractivity contribution in [3.8, 4) is 5.75 Å². The van der Waals surface area contributed by atoms with E-state index in [9.17, 15) is 9.90 Å². The van der Waals surface area contributed by atoms with Crippen LogP contribution in [0.1, 0.15) is 0 Å². The first kappa shape index (κ1) is 11.2. The van der Waals surface area contributed by atoms with Gasteiger partial charge < -0.3 is 19.2 Å². The van der Waals surface area contributed by atoms with E-state index in [2.05, 4.69) is 4.90 Å². The van der Waals surface area contributed by atoms with Crippen LogP contribution in [0.3, 0.4) is 0 Å². The summed E-state index contributed by atoms with van der Waals surface area (Å²) in [5.41, 5.74) is 1.86. The fraction of sp³-hybridized carbons (Fsp3) is 0.417. The number of hydrogen-bond donors (Lipinski definition) is 1. The van der Waals surface area contributed by atoms with Gasteiger partial charge in [-0.2, -0.15) is 0 Å². The zero-order valence-corrected chi connectivity index (χ0v) is 10.0. The lowest BCUT2D eigenvalue weighted by atomic mass is 10.2. The lowest BCUT2D eigenvalue weighted by Crippen LogP contribution is -2.36. The first-order valence-electron chi connectivity index (χ1n) is 5.82. The van der Waals surface area contributed by atoms with Gasteiger partial charge in [0.25, 0.3) is 0 Å². The number of nitrogens with zero attached hydrogens (tertiary/aromatic N) is 2. The van der Waals surface area contributed by atoms with Crippen molar-refractivity contribution >= 4 is 16.8 Å². The van der Waals surface area contributed by atoms with Crippen molar-refractivity contribution < 1.29 is 14.3 Å². The van der Waals surface area contributed by atoms with E-state index < -0.39 is 5.76 Å². The van der Waals surface area contributed by atoms with Gasteiger partial charge in [-0.05, 0) is 0 Å². The summed E-state index contributed by atoms with van der Waals surface area (Å²) < 4.78 is 11.9. The van der Waals surface area contributed by atoms with Crippen LogP contribution in [-0.2, 0) is 11.8 Å². The molecular weight excluding hydrogens is 236 g/mol. The molecule has 1 N–H and O–H groups in total. The molecule has 3 rings (SSSR count). The highest BCUT2D eigenvalue weighted by Crippen LogP contribution is 2.31. The van der Waals surface area contributed by atoms with Crippen molar-refractivity contribution in [2.75, 3.05) is 31.2 Å². The number of anilines is 1. The van der Waals surface area contributed by atoms with Gasteiger partial charge >= 0.3 is 5.76 Å². The van der Waals surface area contributed by atoms with Crippen LogP contribution in [0.5, 0.6) is 5.75 Å². The van der Waals surface area contributed by atoms with Crippen LogP contribution in [0, 0.1) is 0 Å². The van der Waals surface area contributed by atoms with Gasteiger partial charge in [-0.15, -0.1) is 0 Å². The van der Waals surface area contributed by atoms with Crippen molar-refractivity contribution in [2.24, 2.45) is 7.05 Å². The quantitative estimate of drug-likeness (QED) is 0.805. The number of aromatic hydroxyl groups is 1. The molecule has 1 saturated heterocycles.